The fourth-order valence-electron chi connectivity index (χ4n) is 1.26. The number of halogens is 2. The van der Waals surface area contributed by atoms with Gasteiger partial charge in [0.2, 0.25) is 0 Å². The summed E-state index contributed by atoms with van der Waals surface area (Å²) >= 11 is 8.73. The molecular weight excluding hydrogens is 297 g/mol. The Labute approximate surface area is 106 Å². The lowest BCUT2D eigenvalue weighted by molar-refractivity contribution is -0.385. The average Bonchev–Trinajstić information content (AvgIpc) is 2.26. The van der Waals surface area contributed by atoms with Crippen molar-refractivity contribution in [1.29, 1.82) is 0 Å². The molecule has 86 valence electrons. The van der Waals surface area contributed by atoms with Gasteiger partial charge in [-0.15, -0.1) is 11.6 Å². The summed E-state index contributed by atoms with van der Waals surface area (Å²) in [5.41, 5.74) is 0.918. The first-order valence-electron chi connectivity index (χ1n) is 4.45. The molecule has 6 heteroatoms. The molecule has 0 aromatic heterocycles. The highest BCUT2D eigenvalue weighted by Gasteiger charge is 2.23. The molecule has 0 amide bonds. The number of nitro groups is 1. The van der Waals surface area contributed by atoms with E-state index < -0.39 is 9.75 Å². The smallest absolute Gasteiger partial charge is 0.274 e. The topological polar surface area (TPSA) is 60.2 Å². The number of Topliss-reactive ketones (excluding diaryl/α,β-unsaturated/α-hetero) is 1. The predicted octanol–water partition coefficient (Wildman–Crippen LogP) is 3.36. The van der Waals surface area contributed by atoms with Gasteiger partial charge in [-0.25, -0.2) is 0 Å². The van der Waals surface area contributed by atoms with Crippen LogP contribution in [0.5, 0.6) is 0 Å². The number of carbonyl (C=O) groups is 1. The number of rotatable bonds is 4. The Hall–Kier alpha value is -0.940. The molecule has 1 unspecified atom stereocenters. The minimum absolute atomic E-state index is 0.0878. The summed E-state index contributed by atoms with van der Waals surface area (Å²) in [4.78, 5) is 20.9. The van der Waals surface area contributed by atoms with Crippen LogP contribution in [0.2, 0.25) is 0 Å². The number of carbonyl (C=O) groups excluding carboxylic acids is 1. The molecule has 16 heavy (non-hydrogen) atoms. The van der Waals surface area contributed by atoms with Gasteiger partial charge < -0.3 is 0 Å². The normalized spacial score (nSPS) is 12.2. The van der Waals surface area contributed by atoms with Crippen molar-refractivity contribution in [3.63, 3.8) is 0 Å². The Kier molecular flexibility index (Phi) is 4.44. The van der Waals surface area contributed by atoms with Gasteiger partial charge in [0.25, 0.3) is 5.69 Å². The molecule has 0 saturated heterocycles. The number of ketones is 1. The summed E-state index contributed by atoms with van der Waals surface area (Å²) in [7, 11) is 0. The molecule has 0 aliphatic rings. The van der Waals surface area contributed by atoms with Crippen LogP contribution < -0.4 is 0 Å². The zero-order valence-electron chi connectivity index (χ0n) is 8.44. The predicted molar refractivity (Wildman–Crippen MR) is 65.0 cm³/mol. The largest absolute Gasteiger partial charge is 0.298 e. The molecule has 0 heterocycles. The Bertz CT molecular complexity index is 436. The van der Waals surface area contributed by atoms with Gasteiger partial charge in [0.15, 0.2) is 0 Å². The number of nitrogens with zero attached hydrogens (tertiary/aromatic N) is 1. The fraction of sp³-hybridized carbons (Fsp3) is 0.300. The van der Waals surface area contributed by atoms with Crippen LogP contribution in [0.3, 0.4) is 0 Å². The highest BCUT2D eigenvalue weighted by Crippen LogP contribution is 2.32. The van der Waals surface area contributed by atoms with E-state index in [1.807, 2.05) is 0 Å². The van der Waals surface area contributed by atoms with Crippen molar-refractivity contribution in [1.82, 2.24) is 0 Å². The quantitative estimate of drug-likeness (QED) is 0.487. The third-order valence-electron chi connectivity index (χ3n) is 2.08. The summed E-state index contributed by atoms with van der Waals surface area (Å²) in [6.45, 7) is 1.37. The van der Waals surface area contributed by atoms with E-state index in [1.165, 1.54) is 13.0 Å². The minimum atomic E-state index is -0.655. The summed E-state index contributed by atoms with van der Waals surface area (Å²) in [5.74, 6) is 0.0236. The molecule has 0 fully saturated rings. The molecule has 1 rings (SSSR count). The SMILES string of the molecule is CC(=O)C(Br)c1ccc(CCl)cc1[N+](=O)[O-]. The number of nitro benzene ring substituents is 1. The summed E-state index contributed by atoms with van der Waals surface area (Å²) in [6.07, 6.45) is 0. The van der Waals surface area contributed by atoms with Crippen molar-refractivity contribution < 1.29 is 9.72 Å². The Morgan fingerprint density at radius 3 is 2.69 bits per heavy atom. The maximum atomic E-state index is 11.2. The van der Waals surface area contributed by atoms with E-state index in [0.717, 1.165) is 0 Å². The molecule has 0 radical (unpaired) electrons. The Morgan fingerprint density at radius 2 is 2.25 bits per heavy atom. The maximum Gasteiger partial charge on any atom is 0.274 e. The third-order valence-corrected chi connectivity index (χ3v) is 3.52. The van der Waals surface area contributed by atoms with Crippen molar-refractivity contribution >= 4 is 39.0 Å². The van der Waals surface area contributed by atoms with Crippen molar-refractivity contribution in [2.75, 3.05) is 0 Å². The third kappa shape index (κ3) is 2.80. The highest BCUT2D eigenvalue weighted by atomic mass is 79.9. The highest BCUT2D eigenvalue weighted by molar-refractivity contribution is 9.09. The van der Waals surface area contributed by atoms with Crippen molar-refractivity contribution in [3.8, 4) is 0 Å². The van der Waals surface area contributed by atoms with E-state index in [0.29, 0.717) is 11.1 Å². The molecule has 1 atom stereocenters. The molecule has 0 bridgehead atoms. The number of hydrogen-bond donors (Lipinski definition) is 0. The van der Waals surface area contributed by atoms with Gasteiger partial charge in [-0.2, -0.15) is 0 Å². The first kappa shape index (κ1) is 13.1. The molecule has 1 aromatic carbocycles. The van der Waals surface area contributed by atoms with Crippen LogP contribution in [0.25, 0.3) is 0 Å². The minimum Gasteiger partial charge on any atom is -0.298 e. The van der Waals surface area contributed by atoms with E-state index >= 15 is 0 Å². The second-order valence-corrected chi connectivity index (χ2v) is 4.44. The zero-order valence-corrected chi connectivity index (χ0v) is 10.8. The van der Waals surface area contributed by atoms with Crippen LogP contribution >= 0.6 is 27.5 Å². The van der Waals surface area contributed by atoms with Gasteiger partial charge in [-0.3, -0.25) is 14.9 Å². The van der Waals surface area contributed by atoms with Gasteiger partial charge >= 0.3 is 0 Å². The molecule has 0 N–H and O–H groups in total. The van der Waals surface area contributed by atoms with Gasteiger partial charge in [0, 0.05) is 11.9 Å². The van der Waals surface area contributed by atoms with E-state index in [1.54, 1.807) is 12.1 Å². The van der Waals surface area contributed by atoms with Crippen molar-refractivity contribution in [2.24, 2.45) is 0 Å². The van der Waals surface area contributed by atoms with E-state index in [4.69, 9.17) is 11.6 Å². The molecule has 0 saturated carbocycles. The lowest BCUT2D eigenvalue weighted by Gasteiger charge is -2.08. The Balaban J connectivity index is 3.28. The lowest BCUT2D eigenvalue weighted by Crippen LogP contribution is -2.05. The van der Waals surface area contributed by atoms with Crippen LogP contribution in [0.15, 0.2) is 18.2 Å². The molecular formula is C10H9BrClNO3. The molecule has 0 aliphatic carbocycles. The van der Waals surface area contributed by atoms with Crippen LogP contribution in [-0.2, 0) is 10.7 Å². The molecule has 4 nitrogen and oxygen atoms in total. The zero-order chi connectivity index (χ0) is 12.3. The molecule has 0 aliphatic heterocycles. The lowest BCUT2D eigenvalue weighted by atomic mass is 10.1. The van der Waals surface area contributed by atoms with Crippen molar-refractivity contribution in [3.05, 3.63) is 39.4 Å². The fourth-order valence-corrected chi connectivity index (χ4v) is 1.82. The van der Waals surface area contributed by atoms with Crippen molar-refractivity contribution in [2.45, 2.75) is 17.6 Å². The van der Waals surface area contributed by atoms with Gasteiger partial charge in [0.1, 0.15) is 10.6 Å². The number of alkyl halides is 2. The van der Waals surface area contributed by atoms with E-state index in [-0.39, 0.29) is 17.4 Å². The van der Waals surface area contributed by atoms with Gasteiger partial charge in [-0.05, 0) is 12.5 Å². The maximum absolute atomic E-state index is 11.2. The van der Waals surface area contributed by atoms with E-state index in [9.17, 15) is 14.9 Å². The van der Waals surface area contributed by atoms with Crippen LogP contribution in [0.1, 0.15) is 22.9 Å². The average molecular weight is 307 g/mol. The summed E-state index contributed by atoms with van der Waals surface area (Å²) < 4.78 is 0. The molecule has 0 spiro atoms. The first-order valence-corrected chi connectivity index (χ1v) is 5.90. The summed E-state index contributed by atoms with van der Waals surface area (Å²) in [6, 6.07) is 4.61. The van der Waals surface area contributed by atoms with Crippen LogP contribution in [0, 0.1) is 10.1 Å². The number of hydrogen-bond acceptors (Lipinski definition) is 3. The Morgan fingerprint density at radius 1 is 1.62 bits per heavy atom. The standard InChI is InChI=1S/C10H9BrClNO3/c1-6(14)10(11)8-3-2-7(5-12)4-9(8)13(15)16/h2-4,10H,5H2,1H3. The van der Waals surface area contributed by atoms with E-state index in [2.05, 4.69) is 15.9 Å². The van der Waals surface area contributed by atoms with Gasteiger partial charge in [0.05, 0.1) is 10.5 Å². The molecule has 1 aromatic rings. The van der Waals surface area contributed by atoms with Crippen LogP contribution in [-0.4, -0.2) is 10.7 Å². The summed E-state index contributed by atoms with van der Waals surface area (Å²) in [5, 5.41) is 10.8. The van der Waals surface area contributed by atoms with Gasteiger partial charge in [-0.1, -0.05) is 28.1 Å². The second-order valence-electron chi connectivity index (χ2n) is 3.26. The van der Waals surface area contributed by atoms with Crippen LogP contribution in [0.4, 0.5) is 5.69 Å². The monoisotopic (exact) mass is 305 g/mol. The first-order chi connectivity index (χ1) is 7.47. The second kappa shape index (κ2) is 5.41. The number of benzene rings is 1.